The average Bonchev–Trinajstić information content (AvgIpc) is 2.47. The first-order valence-electron chi connectivity index (χ1n) is 7.00. The minimum Gasteiger partial charge on any atom is -0.385 e. The Hall–Kier alpha value is -1.21. The molecule has 0 unspecified atom stereocenters. The number of halogens is 2. The molecule has 1 N–H and O–H groups in total. The van der Waals surface area contributed by atoms with E-state index < -0.39 is 15.6 Å². The van der Waals surface area contributed by atoms with Crippen molar-refractivity contribution < 1.29 is 17.2 Å². The number of anilines is 1. The molecule has 21 heavy (non-hydrogen) atoms. The van der Waals surface area contributed by atoms with Crippen LogP contribution < -0.4 is 5.32 Å². The molecule has 1 aromatic rings. The third-order valence-electron chi connectivity index (χ3n) is 3.29. The highest BCUT2D eigenvalue weighted by Gasteiger charge is 2.26. The van der Waals surface area contributed by atoms with E-state index in [2.05, 4.69) is 24.1 Å². The average molecular weight is 320 g/mol. The second-order valence-corrected chi connectivity index (χ2v) is 6.56. The lowest BCUT2D eigenvalue weighted by Gasteiger charge is -2.17. The molecule has 0 atom stereocenters. The minimum absolute atomic E-state index is 0.355. The second kappa shape index (κ2) is 8.29. The Balaban J connectivity index is 2.49. The molecule has 0 fully saturated rings. The van der Waals surface area contributed by atoms with Gasteiger partial charge in [-0.25, -0.2) is 8.42 Å². The summed E-state index contributed by atoms with van der Waals surface area (Å²) in [7, 11) is -4.50. The largest absolute Gasteiger partial charge is 0.385 e. The number of sulfone groups is 1. The van der Waals surface area contributed by atoms with Crippen LogP contribution in [0.15, 0.2) is 29.2 Å². The standard InChI is InChI=1S/C14H22F2N2O2S/c1-3-18(4-2)11-5-10-17-12-6-8-13(9-7-12)21(19,20)14(15)16/h6-9,14,17H,3-5,10-11H2,1-2H3. The van der Waals surface area contributed by atoms with E-state index in [-0.39, 0.29) is 4.90 Å². The molecule has 4 nitrogen and oxygen atoms in total. The fraction of sp³-hybridized carbons (Fsp3) is 0.571. The Labute approximate surface area is 125 Å². The van der Waals surface area contributed by atoms with E-state index in [0.29, 0.717) is 0 Å². The quantitative estimate of drug-likeness (QED) is 0.711. The maximum atomic E-state index is 12.4. The predicted molar refractivity (Wildman–Crippen MR) is 80.5 cm³/mol. The molecule has 1 aromatic carbocycles. The molecule has 0 aliphatic carbocycles. The van der Waals surface area contributed by atoms with Crippen LogP contribution in [0, 0.1) is 0 Å². The van der Waals surface area contributed by atoms with Gasteiger partial charge in [0, 0.05) is 12.2 Å². The molecule has 0 saturated carbocycles. The number of nitrogens with one attached hydrogen (secondary N) is 1. The third-order valence-corrected chi connectivity index (χ3v) is 4.69. The van der Waals surface area contributed by atoms with Gasteiger partial charge in [0.1, 0.15) is 0 Å². The summed E-state index contributed by atoms with van der Waals surface area (Å²) in [5.74, 6) is -3.38. The fourth-order valence-electron chi connectivity index (χ4n) is 1.94. The zero-order chi connectivity index (χ0) is 15.9. The molecule has 0 amide bonds. The maximum absolute atomic E-state index is 12.4. The first-order valence-corrected chi connectivity index (χ1v) is 8.54. The Bertz CT molecular complexity index is 514. The Kier molecular flexibility index (Phi) is 7.04. The van der Waals surface area contributed by atoms with Crippen molar-refractivity contribution in [3.8, 4) is 0 Å². The maximum Gasteiger partial charge on any atom is 0.341 e. The lowest BCUT2D eigenvalue weighted by molar-refractivity contribution is 0.234. The normalized spacial score (nSPS) is 12.1. The van der Waals surface area contributed by atoms with Gasteiger partial charge in [-0.15, -0.1) is 0 Å². The second-order valence-electron chi connectivity index (χ2n) is 4.64. The van der Waals surface area contributed by atoms with Crippen molar-refractivity contribution in [3.63, 3.8) is 0 Å². The van der Waals surface area contributed by atoms with Crippen LogP contribution >= 0.6 is 0 Å². The van der Waals surface area contributed by atoms with Crippen LogP contribution in [0.25, 0.3) is 0 Å². The van der Waals surface area contributed by atoms with Crippen molar-refractivity contribution in [3.05, 3.63) is 24.3 Å². The van der Waals surface area contributed by atoms with Crippen LogP contribution in [0.4, 0.5) is 14.5 Å². The summed E-state index contributed by atoms with van der Waals surface area (Å²) in [5.41, 5.74) is 0.725. The van der Waals surface area contributed by atoms with Crippen LogP contribution in [0.5, 0.6) is 0 Å². The van der Waals surface area contributed by atoms with E-state index in [1.807, 2.05) is 0 Å². The van der Waals surface area contributed by atoms with Crippen molar-refractivity contribution in [2.75, 3.05) is 31.5 Å². The lowest BCUT2D eigenvalue weighted by Crippen LogP contribution is -2.25. The summed E-state index contributed by atoms with van der Waals surface area (Å²) in [5, 5.41) is 3.15. The summed E-state index contributed by atoms with van der Waals surface area (Å²) < 4.78 is 47.3. The van der Waals surface area contributed by atoms with Crippen LogP contribution in [0.2, 0.25) is 0 Å². The summed E-state index contributed by atoms with van der Waals surface area (Å²) in [6, 6.07) is 5.42. The van der Waals surface area contributed by atoms with Crippen molar-refractivity contribution in [1.29, 1.82) is 0 Å². The summed E-state index contributed by atoms with van der Waals surface area (Å²) in [4.78, 5) is 1.95. The number of nitrogens with zero attached hydrogens (tertiary/aromatic N) is 1. The van der Waals surface area contributed by atoms with Gasteiger partial charge in [-0.2, -0.15) is 8.78 Å². The molecule has 1 rings (SSSR count). The molecule has 0 radical (unpaired) electrons. The van der Waals surface area contributed by atoms with Gasteiger partial charge in [0.2, 0.25) is 9.84 Å². The number of hydrogen-bond acceptors (Lipinski definition) is 4. The molecule has 0 spiro atoms. The predicted octanol–water partition coefficient (Wildman–Crippen LogP) is 2.83. The van der Waals surface area contributed by atoms with Gasteiger partial charge in [-0.1, -0.05) is 13.8 Å². The Morgan fingerprint density at radius 3 is 2.19 bits per heavy atom. The number of hydrogen-bond donors (Lipinski definition) is 1. The van der Waals surface area contributed by atoms with Gasteiger partial charge >= 0.3 is 5.76 Å². The zero-order valence-electron chi connectivity index (χ0n) is 12.4. The van der Waals surface area contributed by atoms with E-state index in [4.69, 9.17) is 0 Å². The van der Waals surface area contributed by atoms with E-state index >= 15 is 0 Å². The molecule has 0 saturated heterocycles. The number of rotatable bonds is 9. The monoisotopic (exact) mass is 320 g/mol. The van der Waals surface area contributed by atoms with Gasteiger partial charge in [0.25, 0.3) is 0 Å². The van der Waals surface area contributed by atoms with Gasteiger partial charge in [-0.3, -0.25) is 0 Å². The summed E-state index contributed by atoms with van der Waals surface area (Å²) in [6.07, 6.45) is 0.957. The van der Waals surface area contributed by atoms with Gasteiger partial charge < -0.3 is 10.2 Å². The molecule has 0 heterocycles. The Morgan fingerprint density at radius 1 is 1.14 bits per heavy atom. The summed E-state index contributed by atoms with van der Waals surface area (Å²) in [6.45, 7) is 7.97. The van der Waals surface area contributed by atoms with E-state index in [0.717, 1.165) is 38.3 Å². The Morgan fingerprint density at radius 2 is 1.71 bits per heavy atom. The van der Waals surface area contributed by atoms with Crippen molar-refractivity contribution >= 4 is 15.5 Å². The molecule has 120 valence electrons. The fourth-order valence-corrected chi connectivity index (χ4v) is 2.66. The van der Waals surface area contributed by atoms with E-state index in [9.17, 15) is 17.2 Å². The lowest BCUT2D eigenvalue weighted by atomic mass is 10.3. The van der Waals surface area contributed by atoms with Gasteiger partial charge in [0.15, 0.2) is 0 Å². The van der Waals surface area contributed by atoms with E-state index in [1.165, 1.54) is 24.3 Å². The van der Waals surface area contributed by atoms with Crippen LogP contribution in [-0.2, 0) is 9.84 Å². The molecule has 0 aliphatic heterocycles. The van der Waals surface area contributed by atoms with Crippen molar-refractivity contribution in [2.24, 2.45) is 0 Å². The van der Waals surface area contributed by atoms with Crippen molar-refractivity contribution in [1.82, 2.24) is 4.90 Å². The molecular weight excluding hydrogens is 298 g/mol. The first kappa shape index (κ1) is 17.8. The molecule has 0 bridgehead atoms. The SMILES string of the molecule is CCN(CC)CCCNc1ccc(S(=O)(=O)C(F)F)cc1. The van der Waals surface area contributed by atoms with Crippen LogP contribution in [-0.4, -0.2) is 45.3 Å². The molecule has 0 aromatic heterocycles. The van der Waals surface area contributed by atoms with Crippen LogP contribution in [0.3, 0.4) is 0 Å². The van der Waals surface area contributed by atoms with Gasteiger partial charge in [-0.05, 0) is 50.3 Å². The van der Waals surface area contributed by atoms with E-state index in [1.54, 1.807) is 0 Å². The molecule has 0 aliphatic rings. The van der Waals surface area contributed by atoms with Crippen LogP contribution in [0.1, 0.15) is 20.3 Å². The minimum atomic E-state index is -4.50. The molecule has 7 heteroatoms. The molecular formula is C14H22F2N2O2S. The highest BCUT2D eigenvalue weighted by atomic mass is 32.2. The smallest absolute Gasteiger partial charge is 0.341 e. The first-order chi connectivity index (χ1) is 9.91. The number of alkyl halides is 2. The van der Waals surface area contributed by atoms with Crippen molar-refractivity contribution in [2.45, 2.75) is 30.9 Å². The van der Waals surface area contributed by atoms with Gasteiger partial charge in [0.05, 0.1) is 4.90 Å². The number of benzene rings is 1. The topological polar surface area (TPSA) is 49.4 Å². The zero-order valence-corrected chi connectivity index (χ0v) is 13.2. The highest BCUT2D eigenvalue weighted by molar-refractivity contribution is 7.91. The highest BCUT2D eigenvalue weighted by Crippen LogP contribution is 2.20. The summed E-state index contributed by atoms with van der Waals surface area (Å²) >= 11 is 0. The third kappa shape index (κ3) is 5.24.